The lowest BCUT2D eigenvalue weighted by Gasteiger charge is -2.26. The third-order valence-corrected chi connectivity index (χ3v) is 7.31. The molecule has 0 saturated carbocycles. The van der Waals surface area contributed by atoms with Gasteiger partial charge in [0.1, 0.15) is 5.75 Å². The molecule has 1 aliphatic rings. The van der Waals surface area contributed by atoms with Crippen molar-refractivity contribution in [2.75, 3.05) is 33.4 Å². The topological polar surface area (TPSA) is 84.9 Å². The minimum absolute atomic E-state index is 0.0866. The first-order chi connectivity index (χ1) is 15.3. The van der Waals surface area contributed by atoms with Crippen LogP contribution in [-0.4, -0.2) is 52.0 Å². The van der Waals surface area contributed by atoms with Crippen molar-refractivity contribution in [3.05, 3.63) is 65.2 Å². The van der Waals surface area contributed by atoms with Crippen LogP contribution in [0.4, 0.5) is 0 Å². The average Bonchev–Trinajstić information content (AvgIpc) is 2.79. The quantitative estimate of drug-likeness (QED) is 0.620. The Labute approximate surface area is 190 Å². The molecule has 7 nitrogen and oxygen atoms in total. The van der Waals surface area contributed by atoms with E-state index in [4.69, 9.17) is 9.47 Å². The molecule has 2 aromatic carbocycles. The maximum Gasteiger partial charge on any atom is 0.251 e. The smallest absolute Gasteiger partial charge is 0.251 e. The standard InChI is InChI=1S/C24H32N2O5S/c1-18(2)16-23(20-8-10-22(30-3)11-9-20)25-24(27)21-6-4-19(5-7-21)17-32(28,29)26-12-14-31-15-13-26/h4-11,18,23H,12-17H2,1-3H3,(H,25,27)/t23-/m1/s1. The Morgan fingerprint density at radius 2 is 1.69 bits per heavy atom. The molecule has 2 aromatic rings. The summed E-state index contributed by atoms with van der Waals surface area (Å²) in [5.74, 6) is 0.895. The number of nitrogens with zero attached hydrogens (tertiary/aromatic N) is 1. The first kappa shape index (κ1) is 24.2. The van der Waals surface area contributed by atoms with Crippen LogP contribution in [0.25, 0.3) is 0 Å². The molecule has 0 aromatic heterocycles. The number of sulfonamides is 1. The molecule has 1 aliphatic heterocycles. The van der Waals surface area contributed by atoms with Crippen molar-refractivity contribution in [3.8, 4) is 5.75 Å². The summed E-state index contributed by atoms with van der Waals surface area (Å²) >= 11 is 0. The Hall–Kier alpha value is -2.42. The summed E-state index contributed by atoms with van der Waals surface area (Å²) in [6.45, 7) is 5.84. The van der Waals surface area contributed by atoms with E-state index in [1.807, 2.05) is 24.3 Å². The van der Waals surface area contributed by atoms with E-state index in [9.17, 15) is 13.2 Å². The number of nitrogens with one attached hydrogen (secondary N) is 1. The summed E-state index contributed by atoms with van der Waals surface area (Å²) in [4.78, 5) is 12.9. The van der Waals surface area contributed by atoms with E-state index >= 15 is 0 Å². The molecule has 1 amide bonds. The highest BCUT2D eigenvalue weighted by molar-refractivity contribution is 7.88. The van der Waals surface area contributed by atoms with E-state index in [1.165, 1.54) is 4.31 Å². The fourth-order valence-corrected chi connectivity index (χ4v) is 5.21. The Morgan fingerprint density at radius 3 is 2.25 bits per heavy atom. The lowest BCUT2D eigenvalue weighted by molar-refractivity contribution is 0.0729. The van der Waals surface area contributed by atoms with E-state index < -0.39 is 10.0 Å². The van der Waals surface area contributed by atoms with Gasteiger partial charge >= 0.3 is 0 Å². The van der Waals surface area contributed by atoms with Crippen LogP contribution >= 0.6 is 0 Å². The van der Waals surface area contributed by atoms with Gasteiger partial charge in [0.25, 0.3) is 5.91 Å². The van der Waals surface area contributed by atoms with Gasteiger partial charge in [0.05, 0.1) is 32.1 Å². The maximum atomic E-state index is 12.9. The zero-order valence-corrected chi connectivity index (χ0v) is 19.7. The second kappa shape index (κ2) is 10.9. The van der Waals surface area contributed by atoms with E-state index in [2.05, 4.69) is 19.2 Å². The summed E-state index contributed by atoms with van der Waals surface area (Å²) < 4.78 is 37.1. The first-order valence-corrected chi connectivity index (χ1v) is 12.5. The Balaban J connectivity index is 1.67. The van der Waals surface area contributed by atoms with Crippen molar-refractivity contribution in [1.29, 1.82) is 0 Å². The fourth-order valence-electron chi connectivity index (χ4n) is 3.71. The molecule has 0 aliphatic carbocycles. The summed E-state index contributed by atoms with van der Waals surface area (Å²) in [6, 6.07) is 14.3. The zero-order valence-electron chi connectivity index (χ0n) is 18.9. The second-order valence-corrected chi connectivity index (χ2v) is 10.4. The van der Waals surface area contributed by atoms with Gasteiger partial charge in [-0.2, -0.15) is 4.31 Å². The van der Waals surface area contributed by atoms with Crippen LogP contribution in [0.15, 0.2) is 48.5 Å². The van der Waals surface area contributed by atoms with Crippen LogP contribution in [0.5, 0.6) is 5.75 Å². The van der Waals surface area contributed by atoms with Gasteiger partial charge in [0.2, 0.25) is 10.0 Å². The predicted molar refractivity (Wildman–Crippen MR) is 124 cm³/mol. The molecule has 0 spiro atoms. The van der Waals surface area contributed by atoms with Crippen LogP contribution in [0, 0.1) is 5.92 Å². The Kier molecular flexibility index (Phi) is 8.28. The van der Waals surface area contributed by atoms with Gasteiger partial charge < -0.3 is 14.8 Å². The van der Waals surface area contributed by atoms with Gasteiger partial charge in [0.15, 0.2) is 0 Å². The third kappa shape index (κ3) is 6.54. The van der Waals surface area contributed by atoms with Crippen molar-refractivity contribution < 1.29 is 22.7 Å². The van der Waals surface area contributed by atoms with Crippen LogP contribution in [0.3, 0.4) is 0 Å². The average molecular weight is 461 g/mol. The third-order valence-electron chi connectivity index (χ3n) is 5.46. The molecule has 0 bridgehead atoms. The number of carbonyl (C=O) groups excluding carboxylic acids is 1. The number of carbonyl (C=O) groups is 1. The normalized spacial score (nSPS) is 16.0. The number of benzene rings is 2. The summed E-state index contributed by atoms with van der Waals surface area (Å²) in [5.41, 5.74) is 2.17. The minimum atomic E-state index is -3.40. The molecule has 1 fully saturated rings. The SMILES string of the molecule is COc1ccc([C@@H](CC(C)C)NC(=O)c2ccc(CS(=O)(=O)N3CCOCC3)cc2)cc1. The van der Waals surface area contributed by atoms with Crippen LogP contribution in [0.1, 0.15) is 47.8 Å². The molecule has 0 radical (unpaired) electrons. The molecule has 3 rings (SSSR count). The number of rotatable bonds is 9. The number of morpholine rings is 1. The van der Waals surface area contributed by atoms with Crippen molar-refractivity contribution in [2.24, 2.45) is 5.92 Å². The first-order valence-electron chi connectivity index (χ1n) is 10.9. The van der Waals surface area contributed by atoms with Crippen molar-refractivity contribution in [1.82, 2.24) is 9.62 Å². The lowest BCUT2D eigenvalue weighted by atomic mass is 9.96. The maximum absolute atomic E-state index is 12.9. The van der Waals surface area contributed by atoms with E-state index in [-0.39, 0.29) is 17.7 Å². The summed E-state index contributed by atoms with van der Waals surface area (Å²) in [5, 5.41) is 3.12. The van der Waals surface area contributed by atoms with E-state index in [0.29, 0.717) is 43.3 Å². The largest absolute Gasteiger partial charge is 0.497 e. The molecule has 8 heteroatoms. The Morgan fingerprint density at radius 1 is 1.06 bits per heavy atom. The molecule has 0 unspecified atom stereocenters. The van der Waals surface area contributed by atoms with Gasteiger partial charge in [-0.15, -0.1) is 0 Å². The second-order valence-electron chi connectivity index (χ2n) is 8.39. The monoisotopic (exact) mass is 460 g/mol. The van der Waals surface area contributed by atoms with Crippen LogP contribution in [-0.2, 0) is 20.5 Å². The van der Waals surface area contributed by atoms with E-state index in [1.54, 1.807) is 31.4 Å². The van der Waals surface area contributed by atoms with Gasteiger partial charge in [-0.05, 0) is 47.7 Å². The highest BCUT2D eigenvalue weighted by Gasteiger charge is 2.24. The molecule has 174 valence electrons. The number of hydrogen-bond donors (Lipinski definition) is 1. The van der Waals surface area contributed by atoms with Crippen molar-refractivity contribution in [2.45, 2.75) is 32.1 Å². The highest BCUT2D eigenvalue weighted by Crippen LogP contribution is 2.24. The van der Waals surface area contributed by atoms with Crippen LogP contribution in [0.2, 0.25) is 0 Å². The molecule has 1 atom stereocenters. The molecule has 1 heterocycles. The Bertz CT molecular complexity index is 982. The van der Waals surface area contributed by atoms with Crippen molar-refractivity contribution in [3.63, 3.8) is 0 Å². The predicted octanol–water partition coefficient (Wildman–Crippen LogP) is 3.37. The van der Waals surface area contributed by atoms with E-state index in [0.717, 1.165) is 17.7 Å². The fraction of sp³-hybridized carbons (Fsp3) is 0.458. The number of ether oxygens (including phenoxy) is 2. The molecular weight excluding hydrogens is 428 g/mol. The van der Waals surface area contributed by atoms with Gasteiger partial charge in [-0.1, -0.05) is 38.1 Å². The van der Waals surface area contributed by atoms with Gasteiger partial charge in [0, 0.05) is 18.7 Å². The summed E-state index contributed by atoms with van der Waals surface area (Å²) in [7, 11) is -1.78. The number of amides is 1. The number of hydrogen-bond acceptors (Lipinski definition) is 5. The van der Waals surface area contributed by atoms with Gasteiger partial charge in [-0.3, -0.25) is 4.79 Å². The molecule has 1 saturated heterocycles. The van der Waals surface area contributed by atoms with Crippen LogP contribution < -0.4 is 10.1 Å². The van der Waals surface area contributed by atoms with Gasteiger partial charge in [-0.25, -0.2) is 8.42 Å². The molecule has 1 N–H and O–H groups in total. The van der Waals surface area contributed by atoms with Crippen molar-refractivity contribution >= 4 is 15.9 Å². The summed E-state index contributed by atoms with van der Waals surface area (Å²) in [6.07, 6.45) is 0.800. The zero-order chi connectivity index (χ0) is 23.1. The molecule has 32 heavy (non-hydrogen) atoms. The number of methoxy groups -OCH3 is 1. The lowest BCUT2D eigenvalue weighted by Crippen LogP contribution is -2.41. The molecular formula is C24H32N2O5S. The minimum Gasteiger partial charge on any atom is -0.497 e. The highest BCUT2D eigenvalue weighted by atomic mass is 32.2.